The van der Waals surface area contributed by atoms with E-state index in [1.54, 1.807) is 0 Å². The van der Waals surface area contributed by atoms with Crippen molar-refractivity contribution in [1.29, 1.82) is 0 Å². The van der Waals surface area contributed by atoms with E-state index in [1.165, 1.54) is 57.8 Å². The van der Waals surface area contributed by atoms with Crippen molar-refractivity contribution >= 4 is 13.7 Å². The van der Waals surface area contributed by atoms with Crippen molar-refractivity contribution in [2.45, 2.75) is 141 Å². The first-order valence-corrected chi connectivity index (χ1v) is 14.6. The van der Waals surface area contributed by atoms with E-state index in [9.17, 15) is 19.6 Å². The second kappa shape index (κ2) is 20.8. The third kappa shape index (κ3) is 20.6. The quantitative estimate of drug-likeness (QED) is 0.0996. The Bertz CT molecular complexity index is 515. The van der Waals surface area contributed by atoms with Crippen LogP contribution >= 0.6 is 7.82 Å². The van der Waals surface area contributed by atoms with Crippen molar-refractivity contribution in [3.8, 4) is 0 Å². The summed E-state index contributed by atoms with van der Waals surface area (Å²) in [7, 11) is -4.75. The zero-order chi connectivity index (χ0) is 25.0. The Labute approximate surface area is 201 Å². The number of unbranched alkanes of at least 4 members (excludes halogenated alkanes) is 13. The molecular weight excluding hydrogens is 445 g/mol. The molecule has 0 aliphatic heterocycles. The number of hydrogen-bond donors (Lipinski definition) is 5. The second-order valence-corrected chi connectivity index (χ2v) is 10.4. The SMILES string of the molecule is CCCCCCCCCCCCCC[C@@H](O)[C@@H](O)[C@H](COP(=O)(O)O)NC(=O)CCCCC. The largest absolute Gasteiger partial charge is 0.469 e. The molecule has 0 aliphatic carbocycles. The van der Waals surface area contributed by atoms with E-state index in [-0.39, 0.29) is 12.3 Å². The Morgan fingerprint density at radius 1 is 0.788 bits per heavy atom. The highest BCUT2D eigenvalue weighted by molar-refractivity contribution is 7.46. The highest BCUT2D eigenvalue weighted by atomic mass is 31.2. The van der Waals surface area contributed by atoms with Crippen molar-refractivity contribution in [1.82, 2.24) is 5.32 Å². The average Bonchev–Trinajstić information content (AvgIpc) is 2.76. The minimum atomic E-state index is -4.75. The molecule has 33 heavy (non-hydrogen) atoms. The van der Waals surface area contributed by atoms with Crippen molar-refractivity contribution in [3.05, 3.63) is 0 Å². The van der Waals surface area contributed by atoms with Crippen LogP contribution in [0.1, 0.15) is 123 Å². The summed E-state index contributed by atoms with van der Waals surface area (Å²) in [5.41, 5.74) is 0. The molecule has 0 aromatic carbocycles. The molecule has 0 heterocycles. The maximum absolute atomic E-state index is 12.1. The average molecular weight is 496 g/mol. The Morgan fingerprint density at radius 3 is 1.73 bits per heavy atom. The molecule has 0 aromatic heterocycles. The van der Waals surface area contributed by atoms with E-state index in [0.29, 0.717) is 12.8 Å². The van der Waals surface area contributed by atoms with Gasteiger partial charge in [-0.1, -0.05) is 104 Å². The van der Waals surface area contributed by atoms with Crippen LogP contribution in [0.3, 0.4) is 0 Å². The number of nitrogens with one attached hydrogen (secondary N) is 1. The van der Waals surface area contributed by atoms with Crippen LogP contribution in [0, 0.1) is 0 Å². The van der Waals surface area contributed by atoms with Crippen LogP contribution in [0.2, 0.25) is 0 Å². The molecular formula is C24H50NO7P. The molecule has 0 rings (SSSR count). The first-order valence-electron chi connectivity index (χ1n) is 13.1. The Hall–Kier alpha value is -0.500. The molecule has 1 amide bonds. The van der Waals surface area contributed by atoms with Crippen LogP contribution in [0.15, 0.2) is 0 Å². The summed E-state index contributed by atoms with van der Waals surface area (Å²) in [6.07, 6.45) is 15.0. The maximum Gasteiger partial charge on any atom is 0.469 e. The van der Waals surface area contributed by atoms with Gasteiger partial charge >= 0.3 is 7.82 Å². The van der Waals surface area contributed by atoms with Gasteiger partial charge < -0.3 is 25.3 Å². The summed E-state index contributed by atoms with van der Waals surface area (Å²) >= 11 is 0. The second-order valence-electron chi connectivity index (χ2n) is 9.15. The molecule has 0 radical (unpaired) electrons. The highest BCUT2D eigenvalue weighted by Crippen LogP contribution is 2.36. The van der Waals surface area contributed by atoms with Crippen LogP contribution in [-0.2, 0) is 13.9 Å². The fourth-order valence-corrected chi connectivity index (χ4v) is 4.21. The minimum Gasteiger partial charge on any atom is -0.390 e. The molecule has 5 N–H and O–H groups in total. The van der Waals surface area contributed by atoms with Gasteiger partial charge in [-0.25, -0.2) is 4.57 Å². The molecule has 198 valence electrons. The van der Waals surface area contributed by atoms with Crippen LogP contribution in [0.5, 0.6) is 0 Å². The van der Waals surface area contributed by atoms with Crippen molar-refractivity contribution < 1.29 is 33.9 Å². The number of aliphatic hydroxyl groups excluding tert-OH is 2. The third-order valence-corrected chi connectivity index (χ3v) is 6.42. The van der Waals surface area contributed by atoms with Crippen molar-refractivity contribution in [3.63, 3.8) is 0 Å². The molecule has 0 spiro atoms. The number of aliphatic hydroxyl groups is 2. The van der Waals surface area contributed by atoms with Crippen LogP contribution in [0.25, 0.3) is 0 Å². The standard InChI is InChI=1S/C24H50NO7P/c1-3-5-7-8-9-10-11-12-13-14-15-17-18-22(26)24(28)21(20-32-33(29,30)31)25-23(27)19-16-6-4-2/h21-22,24,26,28H,3-20H2,1-2H3,(H,25,27)(H2,29,30,31)/t21-,22+,24-/m0/s1. The molecule has 0 fully saturated rings. The fourth-order valence-electron chi connectivity index (χ4n) is 3.85. The molecule has 0 bridgehead atoms. The summed E-state index contributed by atoms with van der Waals surface area (Å²) in [6, 6.07) is -1.08. The van der Waals surface area contributed by atoms with Gasteiger partial charge in [0.2, 0.25) is 5.91 Å². The number of amides is 1. The predicted molar refractivity (Wildman–Crippen MR) is 132 cm³/mol. The lowest BCUT2D eigenvalue weighted by molar-refractivity contribution is -0.124. The summed E-state index contributed by atoms with van der Waals surface area (Å²) in [4.78, 5) is 30.0. The monoisotopic (exact) mass is 495 g/mol. The van der Waals surface area contributed by atoms with Gasteiger partial charge in [0, 0.05) is 6.42 Å². The summed E-state index contributed by atoms with van der Waals surface area (Å²) in [5.74, 6) is -0.334. The third-order valence-electron chi connectivity index (χ3n) is 5.94. The van der Waals surface area contributed by atoms with Gasteiger partial charge in [0.05, 0.1) is 18.8 Å². The lowest BCUT2D eigenvalue weighted by atomic mass is 9.99. The van der Waals surface area contributed by atoms with Gasteiger partial charge in [-0.2, -0.15) is 0 Å². The number of hydrogen-bond acceptors (Lipinski definition) is 5. The van der Waals surface area contributed by atoms with Gasteiger partial charge in [-0.3, -0.25) is 9.32 Å². The van der Waals surface area contributed by atoms with Gasteiger partial charge in [-0.15, -0.1) is 0 Å². The van der Waals surface area contributed by atoms with E-state index in [0.717, 1.165) is 32.1 Å². The number of carbonyl (C=O) groups excluding carboxylic acids is 1. The zero-order valence-corrected chi connectivity index (χ0v) is 21.8. The van der Waals surface area contributed by atoms with E-state index < -0.39 is 32.7 Å². The van der Waals surface area contributed by atoms with E-state index >= 15 is 0 Å². The summed E-state index contributed by atoms with van der Waals surface area (Å²) < 4.78 is 15.5. The van der Waals surface area contributed by atoms with Crippen LogP contribution in [-0.4, -0.2) is 50.8 Å². The Morgan fingerprint density at radius 2 is 1.24 bits per heavy atom. The number of carbonyl (C=O) groups is 1. The molecule has 8 nitrogen and oxygen atoms in total. The molecule has 9 heteroatoms. The molecule has 0 aromatic rings. The summed E-state index contributed by atoms with van der Waals surface area (Å²) in [6.45, 7) is 3.68. The van der Waals surface area contributed by atoms with Crippen molar-refractivity contribution in [2.24, 2.45) is 0 Å². The normalized spacial score (nSPS) is 14.7. The molecule has 0 saturated carbocycles. The zero-order valence-electron chi connectivity index (χ0n) is 20.9. The lowest BCUT2D eigenvalue weighted by Crippen LogP contribution is -2.51. The predicted octanol–water partition coefficient (Wildman–Crippen LogP) is 4.97. The number of phosphoric acid groups is 1. The van der Waals surface area contributed by atoms with E-state index in [4.69, 9.17) is 9.79 Å². The Balaban J connectivity index is 4.17. The highest BCUT2D eigenvalue weighted by Gasteiger charge is 2.30. The Kier molecular flexibility index (Phi) is 20.5. The molecule has 0 unspecified atom stereocenters. The topological polar surface area (TPSA) is 136 Å². The molecule has 0 saturated heterocycles. The van der Waals surface area contributed by atoms with Crippen LogP contribution < -0.4 is 5.32 Å². The number of phosphoric ester groups is 1. The minimum absolute atomic E-state index is 0.252. The van der Waals surface area contributed by atoms with E-state index in [2.05, 4.69) is 16.8 Å². The molecule has 0 aliphatic rings. The lowest BCUT2D eigenvalue weighted by Gasteiger charge is -2.27. The molecule has 3 atom stereocenters. The van der Waals surface area contributed by atoms with Gasteiger partial charge in [0.1, 0.15) is 6.10 Å². The van der Waals surface area contributed by atoms with Gasteiger partial charge in [-0.05, 0) is 12.8 Å². The van der Waals surface area contributed by atoms with Crippen LogP contribution in [0.4, 0.5) is 0 Å². The van der Waals surface area contributed by atoms with Gasteiger partial charge in [0.25, 0.3) is 0 Å². The maximum atomic E-state index is 12.1. The fraction of sp³-hybridized carbons (Fsp3) is 0.958. The van der Waals surface area contributed by atoms with Gasteiger partial charge in [0.15, 0.2) is 0 Å². The number of rotatable bonds is 23. The van der Waals surface area contributed by atoms with Crippen molar-refractivity contribution in [2.75, 3.05) is 6.61 Å². The first-order chi connectivity index (χ1) is 15.7. The summed E-state index contributed by atoms with van der Waals surface area (Å²) in [5, 5.41) is 23.4. The van der Waals surface area contributed by atoms with E-state index in [1.807, 2.05) is 6.92 Å². The first kappa shape index (κ1) is 32.5. The smallest absolute Gasteiger partial charge is 0.390 e.